The molecule has 0 radical (unpaired) electrons. The molecule has 2 aliphatic heterocycles. The van der Waals surface area contributed by atoms with E-state index >= 15 is 0 Å². The maximum absolute atomic E-state index is 9.82. The zero-order valence-electron chi connectivity index (χ0n) is 11.2. The van der Waals surface area contributed by atoms with E-state index < -0.39 is 0 Å². The Hall–Kier alpha value is -0.940. The second-order valence-corrected chi connectivity index (χ2v) is 5.90. The molecule has 3 heterocycles. The Morgan fingerprint density at radius 2 is 2.00 bits per heavy atom. The first kappa shape index (κ1) is 12.1. The summed E-state index contributed by atoms with van der Waals surface area (Å²) in [7, 11) is 0. The number of fused-ring (bicyclic) bond motifs is 2. The molecule has 0 spiro atoms. The number of aliphatic hydroxyl groups excluding tert-OH is 1. The molecule has 2 aliphatic rings. The van der Waals surface area contributed by atoms with Gasteiger partial charge < -0.3 is 5.11 Å². The summed E-state index contributed by atoms with van der Waals surface area (Å²) in [6.45, 7) is 5.14. The lowest BCUT2D eigenvalue weighted by Gasteiger charge is -2.36. The van der Waals surface area contributed by atoms with Gasteiger partial charge in [-0.15, -0.1) is 0 Å². The van der Waals surface area contributed by atoms with E-state index in [1.807, 2.05) is 4.68 Å². The largest absolute Gasteiger partial charge is 0.393 e. The van der Waals surface area contributed by atoms with Crippen LogP contribution in [-0.2, 0) is 6.54 Å². The first-order chi connectivity index (χ1) is 8.65. The lowest BCUT2D eigenvalue weighted by atomic mass is 10.00. The van der Waals surface area contributed by atoms with Crippen molar-refractivity contribution in [2.24, 2.45) is 0 Å². The molecule has 5 nitrogen and oxygen atoms in total. The van der Waals surface area contributed by atoms with E-state index in [9.17, 15) is 5.11 Å². The van der Waals surface area contributed by atoms with Gasteiger partial charge in [0.1, 0.15) is 12.2 Å². The SMILES string of the molecule is CC(C)n1ncnc1CN1C2CCC1CC(O)C2. The number of hydrogen-bond donors (Lipinski definition) is 1. The Morgan fingerprint density at radius 3 is 2.61 bits per heavy atom. The number of hydrogen-bond acceptors (Lipinski definition) is 4. The molecule has 1 aromatic rings. The third-order valence-electron chi connectivity index (χ3n) is 4.32. The summed E-state index contributed by atoms with van der Waals surface area (Å²) in [6.07, 6.45) is 5.84. The molecule has 2 saturated heterocycles. The van der Waals surface area contributed by atoms with Gasteiger partial charge in [-0.2, -0.15) is 5.10 Å². The van der Waals surface area contributed by atoms with Gasteiger partial charge in [-0.3, -0.25) is 4.90 Å². The summed E-state index contributed by atoms with van der Waals surface area (Å²) in [5.41, 5.74) is 0. The molecule has 18 heavy (non-hydrogen) atoms. The lowest BCUT2D eigenvalue weighted by molar-refractivity contribution is 0.0287. The van der Waals surface area contributed by atoms with Crippen LogP contribution in [0.25, 0.3) is 0 Å². The number of piperidine rings is 1. The predicted octanol–water partition coefficient (Wildman–Crippen LogP) is 1.35. The van der Waals surface area contributed by atoms with Crippen molar-refractivity contribution in [3.63, 3.8) is 0 Å². The quantitative estimate of drug-likeness (QED) is 0.879. The van der Waals surface area contributed by atoms with Crippen molar-refractivity contribution < 1.29 is 5.11 Å². The number of aromatic nitrogens is 3. The Bertz CT molecular complexity index is 403. The molecule has 2 fully saturated rings. The molecule has 1 N–H and O–H groups in total. The Labute approximate surface area is 108 Å². The highest BCUT2D eigenvalue weighted by Gasteiger charge is 2.40. The normalized spacial score (nSPS) is 32.3. The summed E-state index contributed by atoms with van der Waals surface area (Å²) in [5, 5.41) is 14.1. The molecule has 0 aliphatic carbocycles. The third-order valence-corrected chi connectivity index (χ3v) is 4.32. The predicted molar refractivity (Wildman–Crippen MR) is 68.0 cm³/mol. The van der Waals surface area contributed by atoms with Crippen LogP contribution in [0, 0.1) is 0 Å². The minimum atomic E-state index is -0.0956. The molecule has 2 bridgehead atoms. The molecule has 0 aromatic carbocycles. The zero-order chi connectivity index (χ0) is 12.7. The van der Waals surface area contributed by atoms with Gasteiger partial charge in [0.15, 0.2) is 0 Å². The second-order valence-electron chi connectivity index (χ2n) is 5.90. The molecule has 0 amide bonds. The molecule has 2 atom stereocenters. The van der Waals surface area contributed by atoms with Gasteiger partial charge in [0.2, 0.25) is 0 Å². The topological polar surface area (TPSA) is 54.2 Å². The average Bonchev–Trinajstić information content (AvgIpc) is 2.85. The van der Waals surface area contributed by atoms with Gasteiger partial charge in [-0.25, -0.2) is 9.67 Å². The number of aliphatic hydroxyl groups is 1. The highest BCUT2D eigenvalue weighted by Crippen LogP contribution is 2.36. The summed E-state index contributed by atoms with van der Waals surface area (Å²) >= 11 is 0. The van der Waals surface area contributed by atoms with Crippen molar-refractivity contribution in [1.82, 2.24) is 19.7 Å². The second kappa shape index (κ2) is 4.63. The monoisotopic (exact) mass is 250 g/mol. The van der Waals surface area contributed by atoms with Crippen molar-refractivity contribution in [2.75, 3.05) is 0 Å². The van der Waals surface area contributed by atoms with Crippen LogP contribution < -0.4 is 0 Å². The van der Waals surface area contributed by atoms with Gasteiger partial charge in [-0.05, 0) is 39.5 Å². The fraction of sp³-hybridized carbons (Fsp3) is 0.846. The van der Waals surface area contributed by atoms with E-state index in [2.05, 4.69) is 28.8 Å². The van der Waals surface area contributed by atoms with Crippen molar-refractivity contribution in [1.29, 1.82) is 0 Å². The van der Waals surface area contributed by atoms with Crippen molar-refractivity contribution in [3.05, 3.63) is 12.2 Å². The summed E-state index contributed by atoms with van der Waals surface area (Å²) in [4.78, 5) is 6.92. The fourth-order valence-corrected chi connectivity index (χ4v) is 3.49. The smallest absolute Gasteiger partial charge is 0.141 e. The first-order valence-electron chi connectivity index (χ1n) is 6.97. The van der Waals surface area contributed by atoms with E-state index in [0.717, 1.165) is 25.2 Å². The van der Waals surface area contributed by atoms with Crippen molar-refractivity contribution >= 4 is 0 Å². The van der Waals surface area contributed by atoms with E-state index in [4.69, 9.17) is 0 Å². The highest BCUT2D eigenvalue weighted by molar-refractivity contribution is 4.98. The molecular formula is C13H22N4O. The lowest BCUT2D eigenvalue weighted by Crippen LogP contribution is -2.44. The summed E-state index contributed by atoms with van der Waals surface area (Å²) in [6, 6.07) is 1.43. The number of rotatable bonds is 3. The molecule has 0 saturated carbocycles. The minimum Gasteiger partial charge on any atom is -0.393 e. The third kappa shape index (κ3) is 2.06. The fourth-order valence-electron chi connectivity index (χ4n) is 3.49. The van der Waals surface area contributed by atoms with Gasteiger partial charge in [0, 0.05) is 18.1 Å². The minimum absolute atomic E-state index is 0.0956. The van der Waals surface area contributed by atoms with Crippen LogP contribution in [-0.4, -0.2) is 43.0 Å². The van der Waals surface area contributed by atoms with Crippen molar-refractivity contribution in [2.45, 2.75) is 70.3 Å². The van der Waals surface area contributed by atoms with Gasteiger partial charge >= 0.3 is 0 Å². The summed E-state index contributed by atoms with van der Waals surface area (Å²) in [5.74, 6) is 1.05. The van der Waals surface area contributed by atoms with E-state index in [1.54, 1.807) is 6.33 Å². The van der Waals surface area contributed by atoms with Crippen LogP contribution in [0.1, 0.15) is 51.4 Å². The van der Waals surface area contributed by atoms with Crippen LogP contribution in [0.2, 0.25) is 0 Å². The average molecular weight is 250 g/mol. The molecule has 2 unspecified atom stereocenters. The van der Waals surface area contributed by atoms with Gasteiger partial charge in [0.25, 0.3) is 0 Å². The van der Waals surface area contributed by atoms with Gasteiger partial charge in [-0.1, -0.05) is 0 Å². The Morgan fingerprint density at radius 1 is 1.33 bits per heavy atom. The maximum atomic E-state index is 9.82. The van der Waals surface area contributed by atoms with E-state index in [1.165, 1.54) is 12.8 Å². The van der Waals surface area contributed by atoms with Crippen LogP contribution in [0.4, 0.5) is 0 Å². The Balaban J connectivity index is 1.75. The van der Waals surface area contributed by atoms with Crippen LogP contribution in [0.5, 0.6) is 0 Å². The van der Waals surface area contributed by atoms with Crippen LogP contribution >= 0.6 is 0 Å². The standard InChI is InChI=1S/C13H22N4O/c1-9(2)17-13(14-8-15-17)7-16-10-3-4-11(16)6-12(18)5-10/h8-12,18H,3-7H2,1-2H3. The Kier molecular flexibility index (Phi) is 3.11. The van der Waals surface area contributed by atoms with Crippen molar-refractivity contribution in [3.8, 4) is 0 Å². The molecule has 100 valence electrons. The molecule has 5 heteroatoms. The van der Waals surface area contributed by atoms with Crippen LogP contribution in [0.3, 0.4) is 0 Å². The molecule has 3 rings (SSSR count). The van der Waals surface area contributed by atoms with Crippen LogP contribution in [0.15, 0.2) is 6.33 Å². The van der Waals surface area contributed by atoms with Gasteiger partial charge in [0.05, 0.1) is 12.6 Å². The first-order valence-corrected chi connectivity index (χ1v) is 6.97. The zero-order valence-corrected chi connectivity index (χ0v) is 11.2. The van der Waals surface area contributed by atoms with E-state index in [-0.39, 0.29) is 6.10 Å². The number of nitrogens with zero attached hydrogens (tertiary/aromatic N) is 4. The highest BCUT2D eigenvalue weighted by atomic mass is 16.3. The maximum Gasteiger partial charge on any atom is 0.141 e. The van der Waals surface area contributed by atoms with E-state index in [0.29, 0.717) is 18.1 Å². The molecule has 1 aromatic heterocycles. The molecular weight excluding hydrogens is 228 g/mol. The summed E-state index contributed by atoms with van der Waals surface area (Å²) < 4.78 is 2.00.